The van der Waals surface area contributed by atoms with Crippen LogP contribution in [0.3, 0.4) is 0 Å². The summed E-state index contributed by atoms with van der Waals surface area (Å²) < 4.78 is 1.13. The molecule has 0 saturated carbocycles. The van der Waals surface area contributed by atoms with Gasteiger partial charge in [-0.25, -0.2) is 0 Å². The molecule has 0 heterocycles. The van der Waals surface area contributed by atoms with Crippen molar-refractivity contribution >= 4 is 15.9 Å². The van der Waals surface area contributed by atoms with Gasteiger partial charge in [0, 0.05) is 23.7 Å². The summed E-state index contributed by atoms with van der Waals surface area (Å²) in [5.41, 5.74) is 3.89. The molecule has 0 aromatic heterocycles. The molecule has 0 aliphatic carbocycles. The van der Waals surface area contributed by atoms with E-state index in [4.69, 9.17) is 0 Å². The lowest BCUT2D eigenvalue weighted by molar-refractivity contribution is 0.213. The van der Waals surface area contributed by atoms with Gasteiger partial charge in [0.15, 0.2) is 0 Å². The van der Waals surface area contributed by atoms with Crippen LogP contribution in [0.2, 0.25) is 0 Å². The Morgan fingerprint density at radius 2 is 1.71 bits per heavy atom. The summed E-state index contributed by atoms with van der Waals surface area (Å²) in [4.78, 5) is 0. The van der Waals surface area contributed by atoms with Gasteiger partial charge in [-0.1, -0.05) is 72.2 Å². The average molecular weight is 390 g/mol. The molecule has 2 N–H and O–H groups in total. The first-order valence-corrected chi connectivity index (χ1v) is 9.45. The molecule has 0 amide bonds. The first kappa shape index (κ1) is 19.2. The van der Waals surface area contributed by atoms with Gasteiger partial charge in [-0.2, -0.15) is 0 Å². The second-order valence-electron chi connectivity index (χ2n) is 6.83. The molecule has 130 valence electrons. The third-order valence-electron chi connectivity index (χ3n) is 4.56. The maximum absolute atomic E-state index is 9.81. The Balaban J connectivity index is 2.05. The first-order chi connectivity index (χ1) is 11.5. The summed E-state index contributed by atoms with van der Waals surface area (Å²) in [7, 11) is 0. The lowest BCUT2D eigenvalue weighted by Crippen LogP contribution is -2.33. The van der Waals surface area contributed by atoms with E-state index in [0.717, 1.165) is 17.4 Å². The number of benzene rings is 2. The molecule has 0 saturated heterocycles. The number of aliphatic hydroxyl groups is 1. The number of aryl methyl sites for hydroxylation is 1. The van der Waals surface area contributed by atoms with E-state index in [1.807, 2.05) is 6.07 Å². The highest BCUT2D eigenvalue weighted by molar-refractivity contribution is 9.10. The lowest BCUT2D eigenvalue weighted by Gasteiger charge is -2.26. The SMILES string of the molecule is Cc1ccccc1CC(CO)CNC(c1ccccc1Br)C(C)C. The molecule has 24 heavy (non-hydrogen) atoms. The largest absolute Gasteiger partial charge is 0.396 e. The molecule has 2 atom stereocenters. The van der Waals surface area contributed by atoms with Crippen LogP contribution in [0.5, 0.6) is 0 Å². The monoisotopic (exact) mass is 389 g/mol. The minimum atomic E-state index is 0.197. The van der Waals surface area contributed by atoms with E-state index in [1.165, 1.54) is 16.7 Å². The molecule has 0 aliphatic rings. The zero-order chi connectivity index (χ0) is 17.5. The van der Waals surface area contributed by atoms with Crippen LogP contribution in [0, 0.1) is 18.8 Å². The quantitative estimate of drug-likeness (QED) is 0.672. The molecule has 0 bridgehead atoms. The van der Waals surface area contributed by atoms with Gasteiger partial charge in [-0.15, -0.1) is 0 Å². The van der Waals surface area contributed by atoms with Crippen molar-refractivity contribution in [3.8, 4) is 0 Å². The van der Waals surface area contributed by atoms with Gasteiger partial charge in [-0.05, 0) is 47.9 Å². The molecule has 2 rings (SSSR count). The second kappa shape index (κ2) is 9.36. The maximum atomic E-state index is 9.81. The van der Waals surface area contributed by atoms with Crippen molar-refractivity contribution in [2.75, 3.05) is 13.2 Å². The van der Waals surface area contributed by atoms with Crippen LogP contribution in [0.15, 0.2) is 53.0 Å². The Morgan fingerprint density at radius 3 is 2.33 bits per heavy atom. The zero-order valence-electron chi connectivity index (χ0n) is 14.8. The Hall–Kier alpha value is -1.16. The first-order valence-electron chi connectivity index (χ1n) is 8.66. The fraction of sp³-hybridized carbons (Fsp3) is 0.429. The molecular weight excluding hydrogens is 362 g/mol. The Morgan fingerprint density at radius 1 is 1.04 bits per heavy atom. The minimum absolute atomic E-state index is 0.197. The van der Waals surface area contributed by atoms with Crippen molar-refractivity contribution in [3.63, 3.8) is 0 Å². The van der Waals surface area contributed by atoms with E-state index in [1.54, 1.807) is 0 Å². The summed E-state index contributed by atoms with van der Waals surface area (Å²) in [5.74, 6) is 0.691. The fourth-order valence-corrected chi connectivity index (χ4v) is 3.61. The second-order valence-corrected chi connectivity index (χ2v) is 7.68. The third kappa shape index (κ3) is 5.17. The molecule has 0 fully saturated rings. The molecule has 0 spiro atoms. The summed E-state index contributed by atoms with van der Waals surface area (Å²) in [6.07, 6.45) is 0.900. The van der Waals surface area contributed by atoms with Crippen molar-refractivity contribution in [3.05, 3.63) is 69.7 Å². The Kier molecular flexibility index (Phi) is 7.47. The highest BCUT2D eigenvalue weighted by atomic mass is 79.9. The molecular formula is C21H28BrNO. The lowest BCUT2D eigenvalue weighted by atomic mass is 9.93. The van der Waals surface area contributed by atoms with Gasteiger partial charge in [-0.3, -0.25) is 0 Å². The predicted molar refractivity (Wildman–Crippen MR) is 105 cm³/mol. The van der Waals surface area contributed by atoms with Crippen LogP contribution in [-0.4, -0.2) is 18.3 Å². The van der Waals surface area contributed by atoms with E-state index in [-0.39, 0.29) is 18.6 Å². The van der Waals surface area contributed by atoms with Crippen LogP contribution in [0.4, 0.5) is 0 Å². The topological polar surface area (TPSA) is 32.3 Å². The van der Waals surface area contributed by atoms with Crippen LogP contribution >= 0.6 is 15.9 Å². The molecule has 0 aliphatic heterocycles. The van der Waals surface area contributed by atoms with E-state index >= 15 is 0 Å². The van der Waals surface area contributed by atoms with E-state index < -0.39 is 0 Å². The summed E-state index contributed by atoms with van der Waals surface area (Å²) >= 11 is 3.66. The van der Waals surface area contributed by atoms with E-state index in [2.05, 4.69) is 84.5 Å². The summed E-state index contributed by atoms with van der Waals surface area (Å²) in [6, 6.07) is 17.1. The van der Waals surface area contributed by atoms with Crippen LogP contribution in [0.25, 0.3) is 0 Å². The van der Waals surface area contributed by atoms with Gasteiger partial charge >= 0.3 is 0 Å². The number of rotatable bonds is 8. The molecule has 3 heteroatoms. The van der Waals surface area contributed by atoms with Crippen molar-refractivity contribution in [1.29, 1.82) is 0 Å². The minimum Gasteiger partial charge on any atom is -0.396 e. The normalized spacial score (nSPS) is 13.9. The molecule has 2 aromatic rings. The Labute approximate surface area is 154 Å². The summed E-state index contributed by atoms with van der Waals surface area (Å²) in [6.45, 7) is 7.59. The van der Waals surface area contributed by atoms with E-state index in [0.29, 0.717) is 5.92 Å². The van der Waals surface area contributed by atoms with Gasteiger partial charge in [0.25, 0.3) is 0 Å². The van der Waals surface area contributed by atoms with Gasteiger partial charge < -0.3 is 10.4 Å². The number of halogens is 1. The number of aliphatic hydroxyl groups excluding tert-OH is 1. The standard InChI is InChI=1S/C21H28BrNO/c1-15(2)21(19-10-6-7-11-20(19)22)23-13-17(14-24)12-18-9-5-4-8-16(18)3/h4-11,15,17,21,23-24H,12-14H2,1-3H3. The van der Waals surface area contributed by atoms with Crippen molar-refractivity contribution in [1.82, 2.24) is 5.32 Å². The Bertz CT molecular complexity index is 641. The number of hydrogen-bond donors (Lipinski definition) is 2. The smallest absolute Gasteiger partial charge is 0.0474 e. The van der Waals surface area contributed by atoms with Gasteiger partial charge in [0.1, 0.15) is 0 Å². The highest BCUT2D eigenvalue weighted by Crippen LogP contribution is 2.28. The molecule has 2 nitrogen and oxygen atoms in total. The van der Waals surface area contributed by atoms with Crippen molar-refractivity contribution < 1.29 is 5.11 Å². The summed E-state index contributed by atoms with van der Waals surface area (Å²) in [5, 5.41) is 13.5. The van der Waals surface area contributed by atoms with Gasteiger partial charge in [0.2, 0.25) is 0 Å². The number of hydrogen-bond acceptors (Lipinski definition) is 2. The highest BCUT2D eigenvalue weighted by Gasteiger charge is 2.19. The average Bonchev–Trinajstić information content (AvgIpc) is 2.57. The van der Waals surface area contributed by atoms with E-state index in [9.17, 15) is 5.11 Å². The molecule has 2 aromatic carbocycles. The van der Waals surface area contributed by atoms with Crippen LogP contribution in [-0.2, 0) is 6.42 Å². The predicted octanol–water partition coefficient (Wildman–Crippen LogP) is 4.90. The van der Waals surface area contributed by atoms with Gasteiger partial charge in [0.05, 0.1) is 0 Å². The number of nitrogens with one attached hydrogen (secondary N) is 1. The third-order valence-corrected chi connectivity index (χ3v) is 5.28. The molecule has 0 radical (unpaired) electrons. The van der Waals surface area contributed by atoms with Crippen LogP contribution in [0.1, 0.15) is 36.6 Å². The van der Waals surface area contributed by atoms with Crippen molar-refractivity contribution in [2.24, 2.45) is 11.8 Å². The maximum Gasteiger partial charge on any atom is 0.0474 e. The fourth-order valence-electron chi connectivity index (χ4n) is 3.08. The van der Waals surface area contributed by atoms with Crippen LogP contribution < -0.4 is 5.32 Å². The molecule has 2 unspecified atom stereocenters. The van der Waals surface area contributed by atoms with Crippen molar-refractivity contribution in [2.45, 2.75) is 33.2 Å². The zero-order valence-corrected chi connectivity index (χ0v) is 16.4.